The van der Waals surface area contributed by atoms with Crippen LogP contribution in [0, 0.1) is 0 Å². The molecule has 0 saturated heterocycles. The molecule has 9 heteroatoms. The molecule has 0 aliphatic heterocycles. The van der Waals surface area contributed by atoms with Gasteiger partial charge < -0.3 is 4.90 Å². The van der Waals surface area contributed by atoms with E-state index in [-0.39, 0.29) is 0 Å². The summed E-state index contributed by atoms with van der Waals surface area (Å²) in [5.41, 5.74) is 10.4. The standard InChI is InChI=1S/C29H33N9/c1-35(2)10-11-38-18-21(15-32-38)14-27-30-16-23-8-9-25-28(29(23)33-27)26(37(4)34-25)13-20-6-5-7-22(12-20)24-17-31-36(3)19-24/h5-7,12,15-19H,8-11,13-14H2,1-4H3. The van der Waals surface area contributed by atoms with Gasteiger partial charge in [-0.1, -0.05) is 24.3 Å². The van der Waals surface area contributed by atoms with Crippen LogP contribution in [0.15, 0.2) is 55.2 Å². The third-order valence-corrected chi connectivity index (χ3v) is 7.18. The molecule has 38 heavy (non-hydrogen) atoms. The summed E-state index contributed by atoms with van der Waals surface area (Å²) < 4.78 is 5.86. The highest BCUT2D eigenvalue weighted by Crippen LogP contribution is 2.35. The van der Waals surface area contributed by atoms with Crippen LogP contribution in [0.5, 0.6) is 0 Å². The number of likely N-dealkylation sites (N-methyl/N-ethyl adjacent to an activating group) is 1. The van der Waals surface area contributed by atoms with Crippen molar-refractivity contribution in [2.45, 2.75) is 32.2 Å². The lowest BCUT2D eigenvalue weighted by Gasteiger charge is -2.16. The number of aryl methyl sites for hydroxylation is 4. The Morgan fingerprint density at radius 2 is 1.82 bits per heavy atom. The van der Waals surface area contributed by atoms with E-state index in [0.717, 1.165) is 60.7 Å². The van der Waals surface area contributed by atoms with Gasteiger partial charge in [-0.15, -0.1) is 0 Å². The van der Waals surface area contributed by atoms with Gasteiger partial charge >= 0.3 is 0 Å². The van der Waals surface area contributed by atoms with Crippen LogP contribution in [0.3, 0.4) is 0 Å². The van der Waals surface area contributed by atoms with Crippen molar-refractivity contribution < 1.29 is 0 Å². The van der Waals surface area contributed by atoms with Gasteiger partial charge in [-0.2, -0.15) is 15.3 Å². The lowest BCUT2D eigenvalue weighted by molar-refractivity contribution is 0.373. The lowest BCUT2D eigenvalue weighted by atomic mass is 9.91. The molecule has 194 valence electrons. The van der Waals surface area contributed by atoms with Crippen molar-refractivity contribution in [3.8, 4) is 22.4 Å². The van der Waals surface area contributed by atoms with E-state index in [1.807, 2.05) is 52.9 Å². The fourth-order valence-electron chi connectivity index (χ4n) is 5.18. The molecule has 0 radical (unpaired) electrons. The van der Waals surface area contributed by atoms with Crippen molar-refractivity contribution in [3.63, 3.8) is 0 Å². The molecule has 1 aliphatic rings. The Balaban J connectivity index is 1.29. The molecule has 0 bridgehead atoms. The third-order valence-electron chi connectivity index (χ3n) is 7.18. The summed E-state index contributed by atoms with van der Waals surface area (Å²) in [5, 5.41) is 13.8. The molecule has 5 aromatic rings. The van der Waals surface area contributed by atoms with Crippen LogP contribution in [0.4, 0.5) is 0 Å². The van der Waals surface area contributed by atoms with Crippen LogP contribution < -0.4 is 0 Å². The van der Waals surface area contributed by atoms with Crippen molar-refractivity contribution in [2.24, 2.45) is 14.1 Å². The first kappa shape index (κ1) is 24.2. The predicted octanol–water partition coefficient (Wildman–Crippen LogP) is 3.32. The number of hydrogen-bond acceptors (Lipinski definition) is 6. The van der Waals surface area contributed by atoms with E-state index in [9.17, 15) is 0 Å². The van der Waals surface area contributed by atoms with Crippen LogP contribution in [0.25, 0.3) is 22.4 Å². The summed E-state index contributed by atoms with van der Waals surface area (Å²) in [6, 6.07) is 8.69. The zero-order chi connectivity index (χ0) is 26.2. The van der Waals surface area contributed by atoms with Gasteiger partial charge in [-0.25, -0.2) is 9.97 Å². The van der Waals surface area contributed by atoms with Crippen LogP contribution in [0.1, 0.15) is 33.9 Å². The minimum absolute atomic E-state index is 0.660. The molecule has 0 amide bonds. The van der Waals surface area contributed by atoms with Gasteiger partial charge in [-0.05, 0) is 49.2 Å². The number of hydrogen-bond donors (Lipinski definition) is 0. The van der Waals surface area contributed by atoms with E-state index in [4.69, 9.17) is 15.1 Å². The van der Waals surface area contributed by atoms with Crippen LogP contribution in [-0.4, -0.2) is 64.8 Å². The normalized spacial score (nSPS) is 12.7. The summed E-state index contributed by atoms with van der Waals surface area (Å²) in [7, 11) is 8.14. The van der Waals surface area contributed by atoms with Gasteiger partial charge in [0.1, 0.15) is 5.82 Å². The van der Waals surface area contributed by atoms with E-state index in [2.05, 4.69) is 59.7 Å². The molecule has 0 atom stereocenters. The average molecular weight is 508 g/mol. The van der Waals surface area contributed by atoms with Gasteiger partial charge in [0.2, 0.25) is 0 Å². The maximum atomic E-state index is 5.10. The minimum Gasteiger partial charge on any atom is -0.308 e. The molecular weight excluding hydrogens is 474 g/mol. The van der Waals surface area contributed by atoms with E-state index in [0.29, 0.717) is 6.42 Å². The van der Waals surface area contributed by atoms with Crippen molar-refractivity contribution in [1.82, 2.24) is 44.2 Å². The van der Waals surface area contributed by atoms with Gasteiger partial charge in [0.25, 0.3) is 0 Å². The zero-order valence-corrected chi connectivity index (χ0v) is 22.5. The molecule has 1 aliphatic carbocycles. The Labute approximate surface area is 222 Å². The van der Waals surface area contributed by atoms with Gasteiger partial charge in [0, 0.05) is 63.2 Å². The van der Waals surface area contributed by atoms with Crippen molar-refractivity contribution in [1.29, 1.82) is 0 Å². The summed E-state index contributed by atoms with van der Waals surface area (Å²) in [6.07, 6.45) is 13.3. The maximum absolute atomic E-state index is 5.10. The highest BCUT2D eigenvalue weighted by atomic mass is 15.3. The van der Waals surface area contributed by atoms with Crippen LogP contribution in [-0.2, 0) is 46.3 Å². The quantitative estimate of drug-likeness (QED) is 0.321. The number of rotatable bonds is 8. The SMILES string of the molecule is CN(C)CCn1cc(Cc2ncc3c(n2)-c2c(nn(C)c2Cc2cccc(-c4cnn(C)c4)c2)CC3)cn1. The molecule has 1 aromatic carbocycles. The Bertz CT molecular complexity index is 1590. The van der Waals surface area contributed by atoms with Crippen molar-refractivity contribution >= 4 is 0 Å². The van der Waals surface area contributed by atoms with Crippen molar-refractivity contribution in [2.75, 3.05) is 20.6 Å². The van der Waals surface area contributed by atoms with E-state index in [1.165, 1.54) is 27.9 Å². The molecule has 0 spiro atoms. The number of nitrogens with zero attached hydrogens (tertiary/aromatic N) is 9. The largest absolute Gasteiger partial charge is 0.308 e. The number of benzene rings is 1. The summed E-state index contributed by atoms with van der Waals surface area (Å²) >= 11 is 0. The molecule has 0 unspecified atom stereocenters. The molecule has 0 saturated carbocycles. The van der Waals surface area contributed by atoms with Gasteiger partial charge in [-0.3, -0.25) is 14.0 Å². The topological polar surface area (TPSA) is 82.5 Å². The maximum Gasteiger partial charge on any atom is 0.133 e. The summed E-state index contributed by atoms with van der Waals surface area (Å²) in [5.74, 6) is 0.817. The van der Waals surface area contributed by atoms with Gasteiger partial charge in [0.15, 0.2) is 0 Å². The Kier molecular flexibility index (Phi) is 6.37. The average Bonchev–Trinajstić information content (AvgIpc) is 3.62. The van der Waals surface area contributed by atoms with Crippen molar-refractivity contribution in [3.05, 3.63) is 89.2 Å². The molecule has 0 N–H and O–H groups in total. The highest BCUT2D eigenvalue weighted by molar-refractivity contribution is 5.71. The molecule has 9 nitrogen and oxygen atoms in total. The second-order valence-electron chi connectivity index (χ2n) is 10.4. The van der Waals surface area contributed by atoms with E-state index >= 15 is 0 Å². The Morgan fingerprint density at radius 1 is 0.921 bits per heavy atom. The fourth-order valence-corrected chi connectivity index (χ4v) is 5.18. The molecule has 0 fully saturated rings. The number of aromatic nitrogens is 8. The minimum atomic E-state index is 0.660. The van der Waals surface area contributed by atoms with Gasteiger partial charge in [0.05, 0.1) is 36.0 Å². The van der Waals surface area contributed by atoms with E-state index in [1.54, 1.807) is 0 Å². The fraction of sp³-hybridized carbons (Fsp3) is 0.345. The number of fused-ring (bicyclic) bond motifs is 3. The lowest BCUT2D eigenvalue weighted by Crippen LogP contribution is -2.18. The predicted molar refractivity (Wildman–Crippen MR) is 147 cm³/mol. The molecule has 4 heterocycles. The summed E-state index contributed by atoms with van der Waals surface area (Å²) in [6.45, 7) is 1.82. The first-order chi connectivity index (χ1) is 18.4. The molecular formula is C29H33N9. The molecule has 6 rings (SSSR count). The third kappa shape index (κ3) is 4.89. The second-order valence-corrected chi connectivity index (χ2v) is 10.4. The van der Waals surface area contributed by atoms with Crippen LogP contribution >= 0.6 is 0 Å². The Morgan fingerprint density at radius 3 is 2.63 bits per heavy atom. The second kappa shape index (κ2) is 9.98. The van der Waals surface area contributed by atoms with E-state index < -0.39 is 0 Å². The molecule has 4 aromatic heterocycles. The smallest absolute Gasteiger partial charge is 0.133 e. The summed E-state index contributed by atoms with van der Waals surface area (Å²) in [4.78, 5) is 12.0. The van der Waals surface area contributed by atoms with Crippen LogP contribution in [0.2, 0.25) is 0 Å². The zero-order valence-electron chi connectivity index (χ0n) is 22.5. The highest BCUT2D eigenvalue weighted by Gasteiger charge is 2.26. The first-order valence-corrected chi connectivity index (χ1v) is 13.1. The Hall–Kier alpha value is -4.11. The first-order valence-electron chi connectivity index (χ1n) is 13.1. The monoisotopic (exact) mass is 507 g/mol.